The number of carboxylic acid groups (broad SMARTS) is 1. The zero-order chi connectivity index (χ0) is 18.6. The second-order valence-corrected chi connectivity index (χ2v) is 7.86. The van der Waals surface area contributed by atoms with Crippen molar-refractivity contribution in [1.82, 2.24) is 4.90 Å². The Hall–Kier alpha value is -2.82. The first-order chi connectivity index (χ1) is 13.1. The molecule has 2 aliphatic carbocycles. The molecule has 1 aliphatic heterocycles. The Kier molecular flexibility index (Phi) is 3.54. The molecule has 0 spiro atoms. The number of rotatable bonds is 3. The predicted octanol–water partition coefficient (Wildman–Crippen LogP) is 3.87. The highest BCUT2D eigenvalue weighted by molar-refractivity contribution is 5.86. The van der Waals surface area contributed by atoms with Crippen LogP contribution in [0.3, 0.4) is 0 Å². The molecule has 1 amide bonds. The van der Waals surface area contributed by atoms with Crippen molar-refractivity contribution in [3.8, 4) is 11.1 Å². The molecule has 1 saturated carbocycles. The van der Waals surface area contributed by atoms with Crippen molar-refractivity contribution >= 4 is 12.1 Å². The predicted molar refractivity (Wildman–Crippen MR) is 99.5 cm³/mol. The zero-order valence-electron chi connectivity index (χ0n) is 14.9. The largest absolute Gasteiger partial charge is 0.479 e. The van der Waals surface area contributed by atoms with Crippen LogP contribution in [0.5, 0.6) is 0 Å². The molecule has 2 aromatic rings. The molecule has 2 bridgehead atoms. The van der Waals surface area contributed by atoms with E-state index in [1.807, 2.05) is 24.3 Å². The van der Waals surface area contributed by atoms with Crippen LogP contribution in [0.4, 0.5) is 4.79 Å². The van der Waals surface area contributed by atoms with E-state index in [-0.39, 0.29) is 18.4 Å². The van der Waals surface area contributed by atoms with Crippen LogP contribution in [0.2, 0.25) is 0 Å². The summed E-state index contributed by atoms with van der Waals surface area (Å²) in [6.07, 6.45) is 1.45. The normalized spacial score (nSPS) is 25.3. The van der Waals surface area contributed by atoms with E-state index >= 15 is 0 Å². The van der Waals surface area contributed by atoms with Gasteiger partial charge >= 0.3 is 12.1 Å². The maximum Gasteiger partial charge on any atom is 0.410 e. The summed E-state index contributed by atoms with van der Waals surface area (Å²) in [5.74, 6) is -0.639. The fourth-order valence-corrected chi connectivity index (χ4v) is 5.19. The van der Waals surface area contributed by atoms with Gasteiger partial charge in [0.2, 0.25) is 0 Å². The van der Waals surface area contributed by atoms with Gasteiger partial charge in [-0.2, -0.15) is 0 Å². The lowest BCUT2D eigenvalue weighted by atomic mass is 9.97. The second kappa shape index (κ2) is 5.84. The van der Waals surface area contributed by atoms with Crippen molar-refractivity contribution in [2.24, 2.45) is 5.92 Å². The molecule has 0 radical (unpaired) electrons. The number of nitrogens with zero attached hydrogens (tertiary/aromatic N) is 1. The van der Waals surface area contributed by atoms with Gasteiger partial charge < -0.3 is 9.84 Å². The summed E-state index contributed by atoms with van der Waals surface area (Å²) in [6, 6.07) is 16.4. The second-order valence-electron chi connectivity index (χ2n) is 7.86. The lowest BCUT2D eigenvalue weighted by Gasteiger charge is -2.34. The summed E-state index contributed by atoms with van der Waals surface area (Å²) in [6.45, 7) is 0.715. The maximum atomic E-state index is 12.8. The van der Waals surface area contributed by atoms with Crippen LogP contribution in [0.25, 0.3) is 11.1 Å². The fourth-order valence-electron chi connectivity index (χ4n) is 5.19. The average Bonchev–Trinajstić information content (AvgIpc) is 3.37. The van der Waals surface area contributed by atoms with E-state index in [2.05, 4.69) is 24.3 Å². The molecule has 0 unspecified atom stereocenters. The van der Waals surface area contributed by atoms with Gasteiger partial charge in [0.25, 0.3) is 0 Å². The Balaban J connectivity index is 1.38. The van der Waals surface area contributed by atoms with Gasteiger partial charge in [0.1, 0.15) is 12.1 Å². The SMILES string of the molecule is O=C(OCC1c2ccccc2-c2ccccc21)N1C[C@@H]2CC[C@@]1(C(=O)O)C2. The highest BCUT2D eigenvalue weighted by atomic mass is 16.6. The molecular formula is C22H21NO4. The Labute approximate surface area is 157 Å². The van der Waals surface area contributed by atoms with Crippen molar-refractivity contribution in [2.75, 3.05) is 13.2 Å². The summed E-state index contributed by atoms with van der Waals surface area (Å²) in [5.41, 5.74) is 3.60. The highest BCUT2D eigenvalue weighted by Gasteiger charge is 2.58. The summed E-state index contributed by atoms with van der Waals surface area (Å²) in [5, 5.41) is 9.70. The topological polar surface area (TPSA) is 66.8 Å². The molecule has 27 heavy (non-hydrogen) atoms. The maximum absolute atomic E-state index is 12.8. The molecule has 2 fully saturated rings. The standard InChI is InChI=1S/C22H21NO4/c24-20(25)22-10-9-14(11-22)12-23(22)21(26)27-13-19-17-7-3-1-5-15(17)16-6-2-4-8-18(16)19/h1-8,14,19H,9-13H2,(H,24,25)/t14-,22+/m1/s1. The molecule has 0 aromatic heterocycles. The summed E-state index contributed by atoms with van der Waals surface area (Å²) in [7, 11) is 0. The average molecular weight is 363 g/mol. The fraction of sp³-hybridized carbons (Fsp3) is 0.364. The third kappa shape index (κ3) is 2.30. The Bertz CT molecular complexity index is 894. The van der Waals surface area contributed by atoms with E-state index in [1.54, 1.807) is 0 Å². The molecule has 3 aliphatic rings. The molecular weight excluding hydrogens is 342 g/mol. The van der Waals surface area contributed by atoms with Crippen molar-refractivity contribution in [3.63, 3.8) is 0 Å². The quantitative estimate of drug-likeness (QED) is 0.899. The number of carbonyl (C=O) groups is 2. The van der Waals surface area contributed by atoms with E-state index in [1.165, 1.54) is 16.0 Å². The zero-order valence-corrected chi connectivity index (χ0v) is 14.9. The van der Waals surface area contributed by atoms with Crippen molar-refractivity contribution in [2.45, 2.75) is 30.7 Å². The van der Waals surface area contributed by atoms with Crippen LogP contribution in [-0.2, 0) is 9.53 Å². The molecule has 138 valence electrons. The number of likely N-dealkylation sites (tertiary alicyclic amines) is 1. The minimum absolute atomic E-state index is 0.0121. The third-order valence-corrected chi connectivity index (χ3v) is 6.50. The van der Waals surface area contributed by atoms with Crippen molar-refractivity contribution < 1.29 is 19.4 Å². The van der Waals surface area contributed by atoms with Gasteiger partial charge in [-0.15, -0.1) is 0 Å². The van der Waals surface area contributed by atoms with E-state index in [9.17, 15) is 14.7 Å². The van der Waals surface area contributed by atoms with Gasteiger partial charge in [0.05, 0.1) is 0 Å². The van der Waals surface area contributed by atoms with E-state index < -0.39 is 17.6 Å². The Morgan fingerprint density at radius 2 is 1.70 bits per heavy atom. The minimum Gasteiger partial charge on any atom is -0.479 e. The van der Waals surface area contributed by atoms with Gasteiger partial charge in [0.15, 0.2) is 0 Å². The van der Waals surface area contributed by atoms with Crippen molar-refractivity contribution in [3.05, 3.63) is 59.7 Å². The number of hydrogen-bond donors (Lipinski definition) is 1. The number of amides is 1. The number of benzene rings is 2. The summed E-state index contributed by atoms with van der Waals surface area (Å²) < 4.78 is 5.68. The number of aliphatic carboxylic acids is 1. The monoisotopic (exact) mass is 363 g/mol. The van der Waals surface area contributed by atoms with E-state index in [0.29, 0.717) is 19.4 Å². The molecule has 2 aromatic carbocycles. The smallest absolute Gasteiger partial charge is 0.410 e. The number of piperidine rings is 1. The first-order valence-corrected chi connectivity index (χ1v) is 9.46. The number of ether oxygens (including phenoxy) is 1. The first kappa shape index (κ1) is 16.4. The molecule has 5 heteroatoms. The van der Waals surface area contributed by atoms with Gasteiger partial charge in [-0.25, -0.2) is 9.59 Å². The van der Waals surface area contributed by atoms with Gasteiger partial charge in [-0.05, 0) is 47.4 Å². The van der Waals surface area contributed by atoms with Crippen LogP contribution in [0.15, 0.2) is 48.5 Å². The molecule has 2 atom stereocenters. The Morgan fingerprint density at radius 1 is 1.07 bits per heavy atom. The molecule has 1 saturated heterocycles. The molecule has 1 N–H and O–H groups in total. The van der Waals surface area contributed by atoms with E-state index in [4.69, 9.17) is 4.74 Å². The minimum atomic E-state index is -1.06. The molecule has 5 rings (SSSR count). The summed E-state index contributed by atoms with van der Waals surface area (Å²) in [4.78, 5) is 26.1. The molecule has 5 nitrogen and oxygen atoms in total. The highest BCUT2D eigenvalue weighted by Crippen LogP contribution is 2.48. The van der Waals surface area contributed by atoms with Crippen molar-refractivity contribution in [1.29, 1.82) is 0 Å². The van der Waals surface area contributed by atoms with Crippen LogP contribution >= 0.6 is 0 Å². The molecule has 1 heterocycles. The first-order valence-electron chi connectivity index (χ1n) is 9.46. The number of hydrogen-bond acceptors (Lipinski definition) is 3. The number of carbonyl (C=O) groups excluding carboxylic acids is 1. The van der Waals surface area contributed by atoms with Crippen LogP contribution in [0, 0.1) is 5.92 Å². The van der Waals surface area contributed by atoms with Gasteiger partial charge in [-0.3, -0.25) is 4.90 Å². The number of fused-ring (bicyclic) bond motifs is 5. The van der Waals surface area contributed by atoms with E-state index in [0.717, 1.165) is 17.5 Å². The summed E-state index contributed by atoms with van der Waals surface area (Å²) >= 11 is 0. The van der Waals surface area contributed by atoms with Gasteiger partial charge in [0, 0.05) is 12.5 Å². The van der Waals surface area contributed by atoms with Crippen LogP contribution in [-0.4, -0.2) is 40.8 Å². The number of carboxylic acids is 1. The lowest BCUT2D eigenvalue weighted by Crippen LogP contribution is -2.53. The lowest BCUT2D eigenvalue weighted by molar-refractivity contribution is -0.149. The van der Waals surface area contributed by atoms with Crippen LogP contribution in [0.1, 0.15) is 36.3 Å². The third-order valence-electron chi connectivity index (χ3n) is 6.50. The van der Waals surface area contributed by atoms with Gasteiger partial charge in [-0.1, -0.05) is 48.5 Å². The Morgan fingerprint density at radius 3 is 2.30 bits per heavy atom. The van der Waals surface area contributed by atoms with Crippen LogP contribution < -0.4 is 0 Å².